The first-order valence-corrected chi connectivity index (χ1v) is 7.37. The Hall–Kier alpha value is -1.53. The summed E-state index contributed by atoms with van der Waals surface area (Å²) in [6.07, 6.45) is -0.852. The van der Waals surface area contributed by atoms with Crippen molar-refractivity contribution in [2.45, 2.75) is 18.6 Å². The lowest BCUT2D eigenvalue weighted by Crippen LogP contribution is -2.58. The molecule has 1 saturated heterocycles. The van der Waals surface area contributed by atoms with E-state index in [1.54, 1.807) is 18.2 Å². The number of ether oxygens (including phenoxy) is 1. The molecule has 1 aromatic carbocycles. The normalized spacial score (nSPS) is 15.9. The van der Waals surface area contributed by atoms with E-state index < -0.39 is 24.2 Å². The smallest absolute Gasteiger partial charge is 0.328 e. The summed E-state index contributed by atoms with van der Waals surface area (Å²) in [5.74, 6) is -0.600. The van der Waals surface area contributed by atoms with Crippen molar-refractivity contribution in [1.29, 1.82) is 0 Å². The molecule has 1 aromatic rings. The van der Waals surface area contributed by atoms with E-state index in [4.69, 9.17) is 23.2 Å². The van der Waals surface area contributed by atoms with Gasteiger partial charge in [-0.05, 0) is 17.7 Å². The highest BCUT2D eigenvalue weighted by Crippen LogP contribution is 2.22. The third kappa shape index (κ3) is 4.01. The van der Waals surface area contributed by atoms with Gasteiger partial charge in [0, 0.05) is 16.5 Å². The molecule has 0 spiro atoms. The van der Waals surface area contributed by atoms with E-state index in [1.165, 1.54) is 12.0 Å². The Morgan fingerprint density at radius 3 is 2.68 bits per heavy atom. The van der Waals surface area contributed by atoms with E-state index in [1.807, 2.05) is 0 Å². The van der Waals surface area contributed by atoms with Crippen molar-refractivity contribution in [3.05, 3.63) is 33.8 Å². The second kappa shape index (κ2) is 7.15. The van der Waals surface area contributed by atoms with Crippen LogP contribution in [0.4, 0.5) is 9.18 Å². The molecular weight excluding hydrogens is 334 g/mol. The van der Waals surface area contributed by atoms with Gasteiger partial charge in [-0.3, -0.25) is 0 Å². The molecule has 1 atom stereocenters. The monoisotopic (exact) mass is 348 g/mol. The molecule has 5 nitrogen and oxygen atoms in total. The van der Waals surface area contributed by atoms with Crippen LogP contribution in [0.2, 0.25) is 10.0 Å². The Morgan fingerprint density at radius 2 is 2.14 bits per heavy atom. The maximum Gasteiger partial charge on any atom is 0.328 e. The first kappa shape index (κ1) is 16.8. The fourth-order valence-electron chi connectivity index (χ4n) is 2.07. The third-order valence-corrected chi connectivity index (χ3v) is 3.93. The van der Waals surface area contributed by atoms with Crippen molar-refractivity contribution in [1.82, 2.24) is 10.2 Å². The van der Waals surface area contributed by atoms with Crippen LogP contribution in [0.1, 0.15) is 5.56 Å². The Labute approximate surface area is 137 Å². The van der Waals surface area contributed by atoms with E-state index >= 15 is 0 Å². The number of alkyl halides is 1. The maximum absolute atomic E-state index is 12.8. The number of methoxy groups -OCH3 is 1. The van der Waals surface area contributed by atoms with Crippen molar-refractivity contribution < 1.29 is 18.7 Å². The first-order chi connectivity index (χ1) is 10.4. The Kier molecular flexibility index (Phi) is 5.47. The molecule has 0 bridgehead atoms. The minimum Gasteiger partial charge on any atom is -0.467 e. The molecule has 0 aromatic heterocycles. The molecule has 1 aliphatic heterocycles. The Morgan fingerprint density at radius 1 is 1.45 bits per heavy atom. The highest BCUT2D eigenvalue weighted by atomic mass is 35.5. The lowest BCUT2D eigenvalue weighted by Gasteiger charge is -2.35. The Bertz CT molecular complexity index is 579. The van der Waals surface area contributed by atoms with Crippen LogP contribution in [-0.2, 0) is 16.0 Å². The number of halogens is 3. The van der Waals surface area contributed by atoms with Crippen molar-refractivity contribution in [3.8, 4) is 0 Å². The van der Waals surface area contributed by atoms with Gasteiger partial charge in [-0.2, -0.15) is 0 Å². The summed E-state index contributed by atoms with van der Waals surface area (Å²) >= 11 is 11.9. The zero-order chi connectivity index (χ0) is 16.3. The van der Waals surface area contributed by atoms with Crippen LogP contribution in [0.15, 0.2) is 18.2 Å². The highest BCUT2D eigenvalue weighted by Gasteiger charge is 2.33. The summed E-state index contributed by atoms with van der Waals surface area (Å²) in [5, 5.41) is 3.40. The number of nitrogens with one attached hydrogen (secondary N) is 1. The number of benzene rings is 1. The minimum atomic E-state index is -1.01. The minimum absolute atomic E-state index is 0.0292. The summed E-state index contributed by atoms with van der Waals surface area (Å²) in [4.78, 5) is 25.0. The molecule has 2 amide bonds. The number of amides is 2. The van der Waals surface area contributed by atoms with Gasteiger partial charge in [-0.25, -0.2) is 14.0 Å². The molecule has 22 heavy (non-hydrogen) atoms. The zero-order valence-corrected chi connectivity index (χ0v) is 13.3. The van der Waals surface area contributed by atoms with E-state index in [0.717, 1.165) is 0 Å². The van der Waals surface area contributed by atoms with Gasteiger partial charge in [0.1, 0.15) is 12.2 Å². The lowest BCUT2D eigenvalue weighted by atomic mass is 10.1. The largest absolute Gasteiger partial charge is 0.467 e. The van der Waals surface area contributed by atoms with Gasteiger partial charge in [-0.1, -0.05) is 29.3 Å². The number of carbonyl (C=O) groups is 2. The highest BCUT2D eigenvalue weighted by molar-refractivity contribution is 6.35. The topological polar surface area (TPSA) is 58.6 Å². The third-order valence-electron chi connectivity index (χ3n) is 3.35. The molecule has 0 radical (unpaired) electrons. The standard InChI is InChI=1S/C14H15Cl2FN2O3/c1-22-13(20)12(18-14(21)19-6-10(17)7-19)4-8-2-3-9(15)5-11(8)16/h2-3,5,10,12H,4,6-7H2,1H3,(H,18,21)/t12-/m1/s1. The molecule has 0 aliphatic carbocycles. The number of esters is 1. The molecular formula is C14H15Cl2FN2O3. The van der Waals surface area contributed by atoms with E-state index in [0.29, 0.717) is 15.6 Å². The summed E-state index contributed by atoms with van der Waals surface area (Å²) in [6.45, 7) is 0.0584. The molecule has 1 fully saturated rings. The average Bonchev–Trinajstić information content (AvgIpc) is 2.44. The summed E-state index contributed by atoms with van der Waals surface area (Å²) in [5.41, 5.74) is 0.647. The van der Waals surface area contributed by atoms with Crippen LogP contribution < -0.4 is 5.32 Å². The van der Waals surface area contributed by atoms with Gasteiger partial charge in [-0.15, -0.1) is 0 Å². The van der Waals surface area contributed by atoms with Crippen LogP contribution in [0.5, 0.6) is 0 Å². The van der Waals surface area contributed by atoms with Crippen molar-refractivity contribution in [2.24, 2.45) is 0 Å². The number of likely N-dealkylation sites (tertiary alicyclic amines) is 1. The van der Waals surface area contributed by atoms with E-state index in [2.05, 4.69) is 10.1 Å². The number of nitrogens with zero attached hydrogens (tertiary/aromatic N) is 1. The first-order valence-electron chi connectivity index (χ1n) is 6.62. The molecule has 1 aliphatic rings. The molecule has 0 unspecified atom stereocenters. The quantitative estimate of drug-likeness (QED) is 0.850. The molecule has 8 heteroatoms. The van der Waals surface area contributed by atoms with Gasteiger partial charge in [0.15, 0.2) is 0 Å². The predicted octanol–water partition coefficient (Wildman–Crippen LogP) is 2.44. The van der Waals surface area contributed by atoms with Crippen LogP contribution in [0.3, 0.4) is 0 Å². The van der Waals surface area contributed by atoms with Crippen molar-refractivity contribution in [2.75, 3.05) is 20.2 Å². The average molecular weight is 349 g/mol. The molecule has 0 saturated carbocycles. The van der Waals surface area contributed by atoms with Crippen LogP contribution in [0, 0.1) is 0 Å². The molecule has 1 N–H and O–H groups in total. The molecule has 2 rings (SSSR count). The zero-order valence-electron chi connectivity index (χ0n) is 11.8. The number of rotatable bonds is 4. The van der Waals surface area contributed by atoms with Gasteiger partial charge in [0.05, 0.1) is 20.2 Å². The number of urea groups is 1. The van der Waals surface area contributed by atoms with Gasteiger partial charge < -0.3 is 15.0 Å². The van der Waals surface area contributed by atoms with Crippen LogP contribution >= 0.6 is 23.2 Å². The van der Waals surface area contributed by atoms with Crippen molar-refractivity contribution >= 4 is 35.2 Å². The van der Waals surface area contributed by atoms with Gasteiger partial charge in [0.25, 0.3) is 0 Å². The van der Waals surface area contributed by atoms with Crippen LogP contribution in [-0.4, -0.2) is 49.3 Å². The second-order valence-corrected chi connectivity index (χ2v) is 5.81. The fourth-order valence-corrected chi connectivity index (χ4v) is 2.56. The van der Waals surface area contributed by atoms with Gasteiger partial charge >= 0.3 is 12.0 Å². The van der Waals surface area contributed by atoms with Crippen molar-refractivity contribution in [3.63, 3.8) is 0 Å². The number of hydrogen-bond donors (Lipinski definition) is 1. The summed E-state index contributed by atoms with van der Waals surface area (Å²) in [7, 11) is 1.23. The summed E-state index contributed by atoms with van der Waals surface area (Å²) < 4.78 is 17.5. The number of hydrogen-bond acceptors (Lipinski definition) is 3. The maximum atomic E-state index is 12.8. The SMILES string of the molecule is COC(=O)[C@@H](Cc1ccc(Cl)cc1Cl)NC(=O)N1CC(F)C1. The van der Waals surface area contributed by atoms with Gasteiger partial charge in [0.2, 0.25) is 0 Å². The Balaban J connectivity index is 2.06. The molecule has 1 heterocycles. The molecule has 120 valence electrons. The predicted molar refractivity (Wildman–Crippen MR) is 81.0 cm³/mol. The second-order valence-electron chi connectivity index (χ2n) is 4.97. The van der Waals surface area contributed by atoms with Crippen LogP contribution in [0.25, 0.3) is 0 Å². The fraction of sp³-hybridized carbons (Fsp3) is 0.429. The van der Waals surface area contributed by atoms with E-state index in [9.17, 15) is 14.0 Å². The van der Waals surface area contributed by atoms with E-state index in [-0.39, 0.29) is 19.5 Å². The lowest BCUT2D eigenvalue weighted by molar-refractivity contribution is -0.142. The summed E-state index contributed by atoms with van der Waals surface area (Å²) in [6, 6.07) is 3.46. The number of carbonyl (C=O) groups excluding carboxylic acids is 2.